The molecule has 0 aliphatic rings. The largest absolute Gasteiger partial charge is 0.350 e. The molecule has 3 amide bonds. The van der Waals surface area contributed by atoms with Crippen molar-refractivity contribution in [1.29, 1.82) is 0 Å². The van der Waals surface area contributed by atoms with Crippen LogP contribution >= 0.6 is 11.6 Å². The molecule has 0 saturated heterocycles. The third-order valence-electron chi connectivity index (χ3n) is 3.28. The average molecular weight is 368 g/mol. The summed E-state index contributed by atoms with van der Waals surface area (Å²) in [7, 11) is 0. The number of halogens is 1. The van der Waals surface area contributed by atoms with E-state index < -0.39 is 11.9 Å². The van der Waals surface area contributed by atoms with Crippen LogP contribution in [0.5, 0.6) is 0 Å². The predicted molar refractivity (Wildman–Crippen MR) is 98.4 cm³/mol. The Labute approximate surface area is 153 Å². The van der Waals surface area contributed by atoms with Crippen LogP contribution in [0.2, 0.25) is 5.02 Å². The van der Waals surface area contributed by atoms with E-state index in [2.05, 4.69) is 16.0 Å². The molecule has 0 heterocycles. The molecule has 3 N–H and O–H groups in total. The average Bonchev–Trinajstić information content (AvgIpc) is 2.48. The van der Waals surface area contributed by atoms with Gasteiger partial charge in [-0.05, 0) is 51.0 Å². The highest BCUT2D eigenvalue weighted by molar-refractivity contribution is 6.30. The Hall–Kier alpha value is -2.08. The summed E-state index contributed by atoms with van der Waals surface area (Å²) < 4.78 is 0. The van der Waals surface area contributed by atoms with Gasteiger partial charge in [-0.3, -0.25) is 14.4 Å². The molecule has 7 heteroatoms. The fourth-order valence-corrected chi connectivity index (χ4v) is 2.23. The van der Waals surface area contributed by atoms with Crippen molar-refractivity contribution in [3.05, 3.63) is 34.9 Å². The molecule has 0 spiro atoms. The molecule has 0 aromatic heterocycles. The van der Waals surface area contributed by atoms with Gasteiger partial charge in [0.1, 0.15) is 6.04 Å². The Morgan fingerprint density at radius 2 is 1.64 bits per heavy atom. The van der Waals surface area contributed by atoms with Crippen molar-refractivity contribution < 1.29 is 14.4 Å². The number of benzene rings is 1. The zero-order valence-corrected chi connectivity index (χ0v) is 16.0. The molecular weight excluding hydrogens is 342 g/mol. The molecule has 0 aliphatic carbocycles. The van der Waals surface area contributed by atoms with E-state index in [9.17, 15) is 14.4 Å². The Morgan fingerprint density at radius 3 is 2.12 bits per heavy atom. The molecular formula is C18H26ClN3O3. The molecule has 0 saturated carbocycles. The number of carbonyl (C=O) groups excluding carboxylic acids is 3. The summed E-state index contributed by atoms with van der Waals surface area (Å²) in [6, 6.07) is 5.65. The lowest BCUT2D eigenvalue weighted by molar-refractivity contribution is -0.128. The van der Waals surface area contributed by atoms with Gasteiger partial charge in [-0.1, -0.05) is 25.4 Å². The van der Waals surface area contributed by atoms with Crippen molar-refractivity contribution in [2.24, 2.45) is 5.92 Å². The zero-order valence-electron chi connectivity index (χ0n) is 15.3. The van der Waals surface area contributed by atoms with Crippen LogP contribution in [-0.2, 0) is 9.59 Å². The molecule has 1 rings (SSSR count). The van der Waals surface area contributed by atoms with Crippen LogP contribution in [0.25, 0.3) is 0 Å². The zero-order chi connectivity index (χ0) is 19.2. The molecule has 0 radical (unpaired) electrons. The molecule has 1 unspecified atom stereocenters. The van der Waals surface area contributed by atoms with Gasteiger partial charge in [0.25, 0.3) is 5.91 Å². The molecule has 1 aromatic carbocycles. The van der Waals surface area contributed by atoms with E-state index in [0.717, 1.165) is 0 Å². The van der Waals surface area contributed by atoms with Gasteiger partial charge in [0.05, 0.1) is 6.54 Å². The van der Waals surface area contributed by atoms with Crippen molar-refractivity contribution in [1.82, 2.24) is 16.0 Å². The van der Waals surface area contributed by atoms with Crippen LogP contribution < -0.4 is 16.0 Å². The molecule has 6 nitrogen and oxygen atoms in total. The van der Waals surface area contributed by atoms with Gasteiger partial charge in [0.15, 0.2) is 0 Å². The Morgan fingerprint density at radius 1 is 1.08 bits per heavy atom. The summed E-state index contributed by atoms with van der Waals surface area (Å²) in [6.45, 7) is 9.07. The summed E-state index contributed by atoms with van der Waals surface area (Å²) in [6.07, 6.45) is 0. The number of carbonyl (C=O) groups is 3. The highest BCUT2D eigenvalue weighted by Crippen LogP contribution is 2.10. The minimum absolute atomic E-state index is 0.137. The van der Waals surface area contributed by atoms with E-state index in [1.54, 1.807) is 24.3 Å². The van der Waals surface area contributed by atoms with Crippen molar-refractivity contribution >= 4 is 29.3 Å². The Bertz CT molecular complexity index is 621. The summed E-state index contributed by atoms with van der Waals surface area (Å²) in [5.41, 5.74) is 0.0375. The monoisotopic (exact) mass is 367 g/mol. The SMILES string of the molecule is CC(C)C(NC(=O)c1ccc(Cl)cc1)C(=O)NCC(=O)NC(C)(C)C. The van der Waals surface area contributed by atoms with Crippen LogP contribution in [0.3, 0.4) is 0 Å². The first kappa shape index (κ1) is 21.0. The van der Waals surface area contributed by atoms with Gasteiger partial charge < -0.3 is 16.0 Å². The van der Waals surface area contributed by atoms with Crippen molar-refractivity contribution in [2.75, 3.05) is 6.54 Å². The topological polar surface area (TPSA) is 87.3 Å². The second kappa shape index (κ2) is 8.85. The summed E-state index contributed by atoms with van der Waals surface area (Å²) in [4.78, 5) is 36.4. The van der Waals surface area contributed by atoms with Gasteiger partial charge in [0.2, 0.25) is 11.8 Å². The third kappa shape index (κ3) is 7.56. The van der Waals surface area contributed by atoms with E-state index in [1.807, 2.05) is 34.6 Å². The van der Waals surface area contributed by atoms with Crippen molar-refractivity contribution in [2.45, 2.75) is 46.2 Å². The van der Waals surface area contributed by atoms with Gasteiger partial charge in [-0.2, -0.15) is 0 Å². The molecule has 1 atom stereocenters. The summed E-state index contributed by atoms with van der Waals surface area (Å²) in [5.74, 6) is -1.19. The second-order valence-electron chi connectivity index (χ2n) is 7.22. The van der Waals surface area contributed by atoms with Crippen LogP contribution in [0.15, 0.2) is 24.3 Å². The van der Waals surface area contributed by atoms with Gasteiger partial charge >= 0.3 is 0 Å². The molecule has 25 heavy (non-hydrogen) atoms. The molecule has 0 fully saturated rings. The minimum atomic E-state index is -0.745. The summed E-state index contributed by atoms with van der Waals surface area (Å²) >= 11 is 5.81. The van der Waals surface area contributed by atoms with Crippen LogP contribution in [0.1, 0.15) is 45.0 Å². The molecule has 138 valence electrons. The van der Waals surface area contributed by atoms with E-state index in [0.29, 0.717) is 10.6 Å². The van der Waals surface area contributed by atoms with Gasteiger partial charge in [-0.15, -0.1) is 0 Å². The van der Waals surface area contributed by atoms with Crippen LogP contribution in [0.4, 0.5) is 0 Å². The smallest absolute Gasteiger partial charge is 0.251 e. The number of amides is 3. The highest BCUT2D eigenvalue weighted by atomic mass is 35.5. The maximum Gasteiger partial charge on any atom is 0.251 e. The lowest BCUT2D eigenvalue weighted by Crippen LogP contribution is -2.52. The van der Waals surface area contributed by atoms with Crippen LogP contribution in [0, 0.1) is 5.92 Å². The Balaban J connectivity index is 2.66. The van der Waals surface area contributed by atoms with E-state index in [4.69, 9.17) is 11.6 Å². The first-order valence-corrected chi connectivity index (χ1v) is 8.52. The summed E-state index contributed by atoms with van der Waals surface area (Å²) in [5, 5.41) is 8.55. The second-order valence-corrected chi connectivity index (χ2v) is 7.65. The number of hydrogen-bond donors (Lipinski definition) is 3. The fraction of sp³-hybridized carbons (Fsp3) is 0.500. The van der Waals surface area contributed by atoms with E-state index >= 15 is 0 Å². The molecule has 1 aromatic rings. The standard InChI is InChI=1S/C18H26ClN3O3/c1-11(2)15(17(25)20-10-14(23)22-18(3,4)5)21-16(24)12-6-8-13(19)9-7-12/h6-9,11,15H,10H2,1-5H3,(H,20,25)(H,21,24)(H,22,23). The number of nitrogens with one attached hydrogen (secondary N) is 3. The normalized spacial score (nSPS) is 12.4. The van der Waals surface area contributed by atoms with Crippen molar-refractivity contribution in [3.63, 3.8) is 0 Å². The van der Waals surface area contributed by atoms with Gasteiger partial charge in [0, 0.05) is 16.1 Å². The maximum atomic E-state index is 12.3. The molecule has 0 bridgehead atoms. The lowest BCUT2D eigenvalue weighted by atomic mass is 10.0. The number of hydrogen-bond acceptors (Lipinski definition) is 3. The minimum Gasteiger partial charge on any atom is -0.350 e. The van der Waals surface area contributed by atoms with E-state index in [1.165, 1.54) is 0 Å². The first-order chi connectivity index (χ1) is 11.5. The van der Waals surface area contributed by atoms with E-state index in [-0.39, 0.29) is 29.8 Å². The van der Waals surface area contributed by atoms with Crippen molar-refractivity contribution in [3.8, 4) is 0 Å². The third-order valence-corrected chi connectivity index (χ3v) is 3.53. The molecule has 0 aliphatic heterocycles. The van der Waals surface area contributed by atoms with Gasteiger partial charge in [-0.25, -0.2) is 0 Å². The van der Waals surface area contributed by atoms with Crippen LogP contribution in [-0.4, -0.2) is 35.8 Å². The quantitative estimate of drug-likeness (QED) is 0.719. The highest BCUT2D eigenvalue weighted by Gasteiger charge is 2.25. The first-order valence-electron chi connectivity index (χ1n) is 8.15. The Kier molecular flexibility index (Phi) is 7.42. The predicted octanol–water partition coefficient (Wildman–Crippen LogP) is 2.13. The number of rotatable bonds is 6. The maximum absolute atomic E-state index is 12.3. The fourth-order valence-electron chi connectivity index (χ4n) is 2.10. The lowest BCUT2D eigenvalue weighted by Gasteiger charge is -2.23.